The summed E-state index contributed by atoms with van der Waals surface area (Å²) in [5, 5.41) is 3.73. The normalized spacial score (nSPS) is 18.0. The number of benzene rings is 1. The number of carbonyl (C=O) groups is 3. The van der Waals surface area contributed by atoms with Gasteiger partial charge in [-0.3, -0.25) is 14.6 Å². The van der Waals surface area contributed by atoms with Crippen LogP contribution in [0.15, 0.2) is 42.6 Å². The lowest BCUT2D eigenvalue weighted by atomic mass is 10.1. The maximum Gasteiger partial charge on any atom is 0.419 e. The average molecular weight is 647 g/mol. The molecule has 2 aliphatic rings. The van der Waals surface area contributed by atoms with Gasteiger partial charge in [-0.05, 0) is 111 Å². The van der Waals surface area contributed by atoms with Crippen molar-refractivity contribution in [1.82, 2.24) is 24.3 Å². The maximum absolute atomic E-state index is 13.4. The van der Waals surface area contributed by atoms with Crippen molar-refractivity contribution < 1.29 is 23.9 Å². The molecular formula is C36H50N6O5. The molecule has 3 aromatic rings. The summed E-state index contributed by atoms with van der Waals surface area (Å²) in [6.07, 6.45) is 4.91. The predicted octanol–water partition coefficient (Wildman–Crippen LogP) is 6.32. The fourth-order valence-electron chi connectivity index (χ4n) is 6.23. The molecule has 11 nitrogen and oxygen atoms in total. The van der Waals surface area contributed by atoms with Crippen LogP contribution in [0.25, 0.3) is 10.9 Å². The first kappa shape index (κ1) is 34.4. The molecule has 11 heteroatoms. The van der Waals surface area contributed by atoms with E-state index in [9.17, 15) is 14.4 Å². The van der Waals surface area contributed by atoms with Gasteiger partial charge >= 0.3 is 12.2 Å². The smallest absolute Gasteiger partial charge is 0.419 e. The summed E-state index contributed by atoms with van der Waals surface area (Å²) in [6, 6.07) is 11.5. The van der Waals surface area contributed by atoms with Crippen molar-refractivity contribution in [1.29, 1.82) is 0 Å². The third-order valence-corrected chi connectivity index (χ3v) is 8.57. The number of amides is 2. The summed E-state index contributed by atoms with van der Waals surface area (Å²) in [4.78, 5) is 49.9. The van der Waals surface area contributed by atoms with Gasteiger partial charge in [-0.1, -0.05) is 12.1 Å². The number of nitrogens with one attached hydrogen (secondary N) is 1. The summed E-state index contributed by atoms with van der Waals surface area (Å²) in [5.74, 6) is 0.102. The molecule has 4 heterocycles. The highest BCUT2D eigenvalue weighted by molar-refractivity contribution is 6.04. The summed E-state index contributed by atoms with van der Waals surface area (Å²) in [7, 11) is 2.07. The number of nitrogens with zero attached hydrogens (tertiary/aromatic N) is 5. The van der Waals surface area contributed by atoms with E-state index in [0.717, 1.165) is 68.5 Å². The van der Waals surface area contributed by atoms with E-state index in [2.05, 4.69) is 27.1 Å². The van der Waals surface area contributed by atoms with Gasteiger partial charge in [0, 0.05) is 55.1 Å². The van der Waals surface area contributed by atoms with Gasteiger partial charge in [0.25, 0.3) is 5.91 Å². The van der Waals surface area contributed by atoms with Gasteiger partial charge in [0.05, 0.1) is 11.6 Å². The first-order valence-corrected chi connectivity index (χ1v) is 16.7. The number of fused-ring (bicyclic) bond motifs is 1. The Labute approximate surface area is 278 Å². The second-order valence-corrected chi connectivity index (χ2v) is 14.7. The van der Waals surface area contributed by atoms with Gasteiger partial charge in [-0.2, -0.15) is 0 Å². The van der Waals surface area contributed by atoms with Crippen LogP contribution in [0.3, 0.4) is 0 Å². The molecule has 5 rings (SSSR count). The monoisotopic (exact) mass is 646 g/mol. The molecule has 2 amide bonds. The van der Waals surface area contributed by atoms with Crippen LogP contribution in [0.1, 0.15) is 88.5 Å². The highest BCUT2D eigenvalue weighted by Crippen LogP contribution is 2.35. The lowest BCUT2D eigenvalue weighted by Crippen LogP contribution is -2.50. The molecule has 0 radical (unpaired) electrons. The number of carbonyl (C=O) groups excluding carboxylic acids is 3. The molecule has 0 unspecified atom stereocenters. The lowest BCUT2D eigenvalue weighted by molar-refractivity contribution is 0.0144. The zero-order valence-electron chi connectivity index (χ0n) is 29.0. The van der Waals surface area contributed by atoms with E-state index < -0.39 is 17.3 Å². The Hall–Kier alpha value is -3.96. The third kappa shape index (κ3) is 8.90. The number of anilines is 1. The number of piperazine rings is 1. The maximum atomic E-state index is 13.4. The minimum atomic E-state index is -0.651. The fourth-order valence-corrected chi connectivity index (χ4v) is 6.23. The minimum absolute atomic E-state index is 0.0980. The van der Waals surface area contributed by atoms with Crippen molar-refractivity contribution in [3.8, 4) is 0 Å². The van der Waals surface area contributed by atoms with Crippen molar-refractivity contribution in [2.24, 2.45) is 0 Å². The first-order valence-electron chi connectivity index (χ1n) is 16.7. The Balaban J connectivity index is 1.18. The zero-order chi connectivity index (χ0) is 33.9. The van der Waals surface area contributed by atoms with Crippen LogP contribution < -0.4 is 5.32 Å². The van der Waals surface area contributed by atoms with Gasteiger partial charge in [0.1, 0.15) is 17.0 Å². The molecule has 254 valence electrons. The Morgan fingerprint density at radius 1 is 0.894 bits per heavy atom. The van der Waals surface area contributed by atoms with Crippen molar-refractivity contribution in [3.05, 3.63) is 59.4 Å². The number of pyridine rings is 1. The van der Waals surface area contributed by atoms with Crippen LogP contribution in [-0.4, -0.2) is 99.9 Å². The molecule has 2 aromatic heterocycles. The molecule has 47 heavy (non-hydrogen) atoms. The molecule has 1 atom stereocenters. The lowest BCUT2D eigenvalue weighted by Gasteiger charge is -2.35. The van der Waals surface area contributed by atoms with Crippen LogP contribution in [-0.2, 0) is 15.9 Å². The molecule has 0 bridgehead atoms. The zero-order valence-corrected chi connectivity index (χ0v) is 29.0. The van der Waals surface area contributed by atoms with E-state index in [-0.39, 0.29) is 18.0 Å². The molecule has 2 saturated heterocycles. The summed E-state index contributed by atoms with van der Waals surface area (Å²) >= 11 is 0. The number of aryl methyl sites for hydroxylation is 1. The number of hydrogen-bond donors (Lipinski definition) is 1. The van der Waals surface area contributed by atoms with Crippen LogP contribution in [0.2, 0.25) is 0 Å². The molecule has 0 aliphatic carbocycles. The molecule has 0 spiro atoms. The molecular weight excluding hydrogens is 596 g/mol. The van der Waals surface area contributed by atoms with E-state index >= 15 is 0 Å². The Bertz CT molecular complexity index is 1580. The highest BCUT2D eigenvalue weighted by Gasteiger charge is 2.31. The molecule has 1 N–H and O–H groups in total. The van der Waals surface area contributed by atoms with Crippen LogP contribution >= 0.6 is 0 Å². The second kappa shape index (κ2) is 14.0. The standard InChI is InChI=1S/C36H50N6O5/c1-35(2,3)46-33(44)41-20-18-40(19-21-41)17-8-10-25-12-14-26(15-13-25)32(43)38-31-23-29-27(24-37-31)22-30(28-11-9-16-39(28)7)42(29)34(45)47-36(4,5)6/h12-15,22-24,28H,8-11,16-21H2,1-7H3,(H,37,38,43)/t28-/m1/s1. The van der Waals surface area contributed by atoms with Crippen molar-refractivity contribution >= 4 is 34.8 Å². The number of aromatic nitrogens is 2. The predicted molar refractivity (Wildman–Crippen MR) is 183 cm³/mol. The van der Waals surface area contributed by atoms with E-state index in [1.165, 1.54) is 0 Å². The average Bonchev–Trinajstić information content (AvgIpc) is 3.58. The SMILES string of the molecule is CN1CCC[C@@H]1c1cc2cnc(NC(=O)c3ccc(CCCN4CCN(C(=O)OC(C)(C)C)CC4)cc3)cc2n1C(=O)OC(C)(C)C. The molecule has 1 aromatic carbocycles. The number of rotatable bonds is 7. The van der Waals surface area contributed by atoms with Crippen molar-refractivity contribution in [2.45, 2.75) is 84.5 Å². The highest BCUT2D eigenvalue weighted by atomic mass is 16.6. The number of likely N-dealkylation sites (tertiary alicyclic amines) is 1. The van der Waals surface area contributed by atoms with E-state index in [0.29, 0.717) is 30.0 Å². The van der Waals surface area contributed by atoms with Crippen molar-refractivity contribution in [3.63, 3.8) is 0 Å². The van der Waals surface area contributed by atoms with Gasteiger partial charge < -0.3 is 19.7 Å². The number of ether oxygens (including phenoxy) is 2. The van der Waals surface area contributed by atoms with Crippen molar-refractivity contribution in [2.75, 3.05) is 51.6 Å². The van der Waals surface area contributed by atoms with Crippen LogP contribution in [0.4, 0.5) is 15.4 Å². The fraction of sp³-hybridized carbons (Fsp3) is 0.556. The summed E-state index contributed by atoms with van der Waals surface area (Å²) in [6.45, 7) is 16.1. The third-order valence-electron chi connectivity index (χ3n) is 8.57. The Kier molecular flexibility index (Phi) is 10.3. The van der Waals surface area contributed by atoms with Crippen LogP contribution in [0.5, 0.6) is 0 Å². The van der Waals surface area contributed by atoms with Crippen LogP contribution in [0, 0.1) is 0 Å². The molecule has 2 aliphatic heterocycles. The van der Waals surface area contributed by atoms with Gasteiger partial charge in [0.15, 0.2) is 0 Å². The summed E-state index contributed by atoms with van der Waals surface area (Å²) < 4.78 is 12.9. The van der Waals surface area contributed by atoms with Gasteiger partial charge in [-0.25, -0.2) is 19.1 Å². The second-order valence-electron chi connectivity index (χ2n) is 14.7. The summed E-state index contributed by atoms with van der Waals surface area (Å²) in [5.41, 5.74) is 2.08. The van der Waals surface area contributed by atoms with Gasteiger partial charge in [-0.15, -0.1) is 0 Å². The van der Waals surface area contributed by atoms with E-state index in [1.54, 1.807) is 21.7 Å². The van der Waals surface area contributed by atoms with Gasteiger partial charge in [0.2, 0.25) is 0 Å². The first-order chi connectivity index (χ1) is 22.2. The Morgan fingerprint density at radius 2 is 1.55 bits per heavy atom. The Morgan fingerprint density at radius 3 is 2.17 bits per heavy atom. The van der Waals surface area contributed by atoms with E-state index in [1.807, 2.05) is 71.9 Å². The largest absolute Gasteiger partial charge is 0.444 e. The topological polar surface area (TPSA) is 109 Å². The minimum Gasteiger partial charge on any atom is -0.444 e. The quantitative estimate of drug-likeness (QED) is 0.318. The van der Waals surface area contributed by atoms with E-state index in [4.69, 9.17) is 9.47 Å². The molecule has 2 fully saturated rings. The molecule has 0 saturated carbocycles. The number of hydrogen-bond acceptors (Lipinski definition) is 8.